The molecule has 8 heteroatoms. The van der Waals surface area contributed by atoms with Gasteiger partial charge in [-0.15, -0.1) is 13.2 Å². The zero-order valence-corrected chi connectivity index (χ0v) is 10.3. The number of nitrogens with two attached hydrogens (primary N) is 1. The molecule has 0 fully saturated rings. The molecule has 0 amide bonds. The van der Waals surface area contributed by atoms with E-state index in [1.165, 1.54) is 6.07 Å². The highest BCUT2D eigenvalue weighted by molar-refractivity contribution is 5.97. The zero-order valence-electron chi connectivity index (χ0n) is 10.3. The summed E-state index contributed by atoms with van der Waals surface area (Å²) in [5.74, 6) is -2.32. The topological polar surface area (TPSA) is 81.1 Å². The molecule has 0 radical (unpaired) electrons. The van der Waals surface area contributed by atoms with Crippen LogP contribution >= 0.6 is 0 Å². The Morgan fingerprint density at radius 3 is 2.55 bits per heavy atom. The van der Waals surface area contributed by atoms with Crippen LogP contribution < -0.4 is 5.73 Å². The normalized spacial score (nSPS) is 11.6. The van der Waals surface area contributed by atoms with E-state index in [0.29, 0.717) is 0 Å². The quantitative estimate of drug-likeness (QED) is 0.888. The van der Waals surface area contributed by atoms with Gasteiger partial charge in [0, 0.05) is 0 Å². The Balaban J connectivity index is 2.74. The molecule has 1 aromatic heterocycles. The third-order valence-electron chi connectivity index (χ3n) is 2.67. The number of aryl methyl sites for hydroxylation is 1. The van der Waals surface area contributed by atoms with Gasteiger partial charge in [0.05, 0.1) is 5.56 Å². The number of benzene rings is 1. The summed E-state index contributed by atoms with van der Waals surface area (Å²) in [5.41, 5.74) is 5.49. The van der Waals surface area contributed by atoms with Crippen molar-refractivity contribution in [1.29, 1.82) is 0 Å². The Hall–Kier alpha value is -2.51. The zero-order chi connectivity index (χ0) is 15.1. The van der Waals surface area contributed by atoms with Gasteiger partial charge < -0.3 is 10.8 Å². The maximum atomic E-state index is 12.7. The van der Waals surface area contributed by atoms with Gasteiger partial charge in [0.25, 0.3) is 0 Å². The summed E-state index contributed by atoms with van der Waals surface area (Å²) < 4.78 is 37.7. The standard InChI is InChI=1S/C12H10F3N3O2/c1-6-3-2-4-7(5-6)8-9(11(19)20)17-18(10(8)16)12(13,14)15/h2-5H,16H2,1H3,(H,19,20). The van der Waals surface area contributed by atoms with Gasteiger partial charge in [-0.25, -0.2) is 4.79 Å². The number of nitrogens with zero attached hydrogens (tertiary/aromatic N) is 2. The van der Waals surface area contributed by atoms with Crippen molar-refractivity contribution in [3.63, 3.8) is 0 Å². The number of carbonyl (C=O) groups is 1. The van der Waals surface area contributed by atoms with Crippen molar-refractivity contribution in [1.82, 2.24) is 9.78 Å². The largest absolute Gasteiger partial charge is 0.506 e. The number of carboxylic acids is 1. The third-order valence-corrected chi connectivity index (χ3v) is 2.67. The average molecular weight is 285 g/mol. The summed E-state index contributed by atoms with van der Waals surface area (Å²) >= 11 is 0. The van der Waals surface area contributed by atoms with Gasteiger partial charge >= 0.3 is 12.3 Å². The molecule has 0 aliphatic carbocycles. The summed E-state index contributed by atoms with van der Waals surface area (Å²) in [6.07, 6.45) is -4.88. The van der Waals surface area contributed by atoms with Gasteiger partial charge in [0.15, 0.2) is 5.69 Å². The number of carboxylic acid groups (broad SMARTS) is 1. The molecule has 0 saturated carbocycles. The number of halogens is 3. The molecule has 20 heavy (non-hydrogen) atoms. The van der Waals surface area contributed by atoms with Crippen molar-refractivity contribution >= 4 is 11.8 Å². The van der Waals surface area contributed by atoms with Crippen LogP contribution in [0.25, 0.3) is 11.1 Å². The molecule has 0 aliphatic rings. The monoisotopic (exact) mass is 285 g/mol. The molecule has 0 atom stereocenters. The Bertz CT molecular complexity index is 677. The summed E-state index contributed by atoms with van der Waals surface area (Å²) in [4.78, 5) is 11.1. The van der Waals surface area contributed by atoms with E-state index in [4.69, 9.17) is 10.8 Å². The fraction of sp³-hybridized carbons (Fsp3) is 0.167. The minimum atomic E-state index is -4.88. The minimum Gasteiger partial charge on any atom is -0.476 e. The van der Waals surface area contributed by atoms with Gasteiger partial charge in [-0.2, -0.15) is 9.78 Å². The number of anilines is 1. The lowest BCUT2D eigenvalue weighted by Crippen LogP contribution is -2.20. The van der Waals surface area contributed by atoms with E-state index in [1.807, 2.05) is 0 Å². The molecule has 3 N–H and O–H groups in total. The molecule has 1 heterocycles. The Morgan fingerprint density at radius 2 is 2.05 bits per heavy atom. The van der Waals surface area contributed by atoms with Crippen molar-refractivity contribution in [3.8, 4) is 11.1 Å². The van der Waals surface area contributed by atoms with Crippen LogP contribution in [0.1, 0.15) is 16.1 Å². The van der Waals surface area contributed by atoms with Gasteiger partial charge in [-0.1, -0.05) is 29.8 Å². The van der Waals surface area contributed by atoms with Crippen LogP contribution in [0.2, 0.25) is 0 Å². The van der Waals surface area contributed by atoms with E-state index in [2.05, 4.69) is 5.10 Å². The highest BCUT2D eigenvalue weighted by Gasteiger charge is 2.37. The second-order valence-electron chi connectivity index (χ2n) is 4.16. The van der Waals surface area contributed by atoms with Crippen LogP contribution in [-0.4, -0.2) is 20.9 Å². The van der Waals surface area contributed by atoms with E-state index in [9.17, 15) is 18.0 Å². The van der Waals surface area contributed by atoms with Gasteiger partial charge in [-0.3, -0.25) is 0 Å². The lowest BCUT2D eigenvalue weighted by atomic mass is 10.0. The first-order valence-electron chi connectivity index (χ1n) is 5.48. The number of hydrogen-bond acceptors (Lipinski definition) is 3. The first kappa shape index (κ1) is 13.9. The molecule has 2 aromatic rings. The predicted molar refractivity (Wildman–Crippen MR) is 65.1 cm³/mol. The predicted octanol–water partition coefficient (Wildman–Crippen LogP) is 2.62. The average Bonchev–Trinajstić information content (AvgIpc) is 2.66. The van der Waals surface area contributed by atoms with Crippen molar-refractivity contribution < 1.29 is 23.1 Å². The van der Waals surface area contributed by atoms with Crippen molar-refractivity contribution in [2.45, 2.75) is 13.2 Å². The summed E-state index contributed by atoms with van der Waals surface area (Å²) in [5, 5.41) is 12.1. The Labute approximate surface area is 111 Å². The lowest BCUT2D eigenvalue weighted by molar-refractivity contribution is -0.210. The highest BCUT2D eigenvalue weighted by atomic mass is 19.4. The molecule has 0 unspecified atom stereocenters. The molecule has 1 aromatic carbocycles. The number of alkyl halides is 3. The van der Waals surface area contributed by atoms with Crippen LogP contribution in [0.15, 0.2) is 24.3 Å². The van der Waals surface area contributed by atoms with E-state index in [0.717, 1.165) is 5.56 Å². The molecular formula is C12H10F3N3O2. The van der Waals surface area contributed by atoms with Crippen LogP contribution in [0, 0.1) is 6.92 Å². The second kappa shape index (κ2) is 4.55. The maximum Gasteiger partial charge on any atom is 0.506 e. The third kappa shape index (κ3) is 2.31. The first-order chi connectivity index (χ1) is 9.21. The Morgan fingerprint density at radius 1 is 1.40 bits per heavy atom. The Kier molecular flexibility index (Phi) is 3.16. The second-order valence-corrected chi connectivity index (χ2v) is 4.16. The SMILES string of the molecule is Cc1cccc(-c2c(C(=O)O)nn(C(F)(F)F)c2N)c1. The minimum absolute atomic E-state index is 0.237. The van der Waals surface area contributed by atoms with Gasteiger partial charge in [0.1, 0.15) is 5.82 Å². The summed E-state index contributed by atoms with van der Waals surface area (Å²) in [6, 6.07) is 6.35. The summed E-state index contributed by atoms with van der Waals surface area (Å²) in [7, 11) is 0. The molecule has 5 nitrogen and oxygen atoms in total. The van der Waals surface area contributed by atoms with Crippen LogP contribution in [0.5, 0.6) is 0 Å². The smallest absolute Gasteiger partial charge is 0.476 e. The highest BCUT2D eigenvalue weighted by Crippen LogP contribution is 2.35. The number of hydrogen-bond donors (Lipinski definition) is 2. The molecule has 0 spiro atoms. The molecule has 0 bridgehead atoms. The van der Waals surface area contributed by atoms with Crippen molar-refractivity contribution in [2.24, 2.45) is 0 Å². The van der Waals surface area contributed by atoms with Crippen molar-refractivity contribution in [2.75, 3.05) is 5.73 Å². The number of aromatic carboxylic acids is 1. The molecule has 106 valence electrons. The van der Waals surface area contributed by atoms with Crippen LogP contribution in [0.3, 0.4) is 0 Å². The van der Waals surface area contributed by atoms with E-state index in [1.54, 1.807) is 25.1 Å². The van der Waals surface area contributed by atoms with Crippen molar-refractivity contribution in [3.05, 3.63) is 35.5 Å². The fourth-order valence-corrected chi connectivity index (χ4v) is 1.86. The van der Waals surface area contributed by atoms with E-state index < -0.39 is 28.5 Å². The number of aromatic nitrogens is 2. The molecule has 0 saturated heterocycles. The fourth-order valence-electron chi connectivity index (χ4n) is 1.86. The van der Waals surface area contributed by atoms with Crippen LogP contribution in [0.4, 0.5) is 19.0 Å². The van der Waals surface area contributed by atoms with E-state index >= 15 is 0 Å². The van der Waals surface area contributed by atoms with E-state index in [-0.39, 0.29) is 11.1 Å². The molecule has 0 aliphatic heterocycles. The molecular weight excluding hydrogens is 275 g/mol. The number of rotatable bonds is 2. The van der Waals surface area contributed by atoms with Crippen LogP contribution in [-0.2, 0) is 6.30 Å². The lowest BCUT2D eigenvalue weighted by Gasteiger charge is -2.08. The van der Waals surface area contributed by atoms with Gasteiger partial charge in [0.2, 0.25) is 0 Å². The summed E-state index contributed by atoms with van der Waals surface area (Å²) in [6.45, 7) is 1.73. The number of nitrogen functional groups attached to an aromatic ring is 1. The molecule has 2 rings (SSSR count). The maximum absolute atomic E-state index is 12.7. The first-order valence-corrected chi connectivity index (χ1v) is 5.48. The van der Waals surface area contributed by atoms with Gasteiger partial charge in [-0.05, 0) is 12.5 Å².